The molecule has 1 aromatic carbocycles. The number of carbonyl (C=O) groups is 2. The zero-order chi connectivity index (χ0) is 21.9. The molecular weight excluding hydrogens is 390 g/mol. The predicted molar refractivity (Wildman–Crippen MR) is 122 cm³/mol. The van der Waals surface area contributed by atoms with Crippen LogP contribution < -0.4 is 10.1 Å². The molecular formula is C26H37NO4. The fourth-order valence-corrected chi connectivity index (χ4v) is 4.10. The number of allylic oxidation sites excluding steroid dienone is 2. The molecule has 0 heterocycles. The fourth-order valence-electron chi connectivity index (χ4n) is 4.10. The van der Waals surface area contributed by atoms with E-state index in [1.807, 2.05) is 30.3 Å². The standard InChI is InChI=1S/C26H37NO4/c28-22(19-31-23-8-4-3-5-9-23)16-14-21-15-17-25(29)24(21)10-6-1-2-7-11-26(30)27-18-20-12-13-20/h3-5,8-9,20,22,28H,1-2,6-7,10-19H2,(H,27,30)/t22-/m1/s1. The van der Waals surface area contributed by atoms with Crippen molar-refractivity contribution in [3.8, 4) is 5.75 Å². The number of nitrogens with one attached hydrogen (secondary N) is 1. The predicted octanol–water partition coefficient (Wildman–Crippen LogP) is 4.73. The minimum atomic E-state index is -0.532. The first-order valence-corrected chi connectivity index (χ1v) is 12.0. The quantitative estimate of drug-likeness (QED) is 0.397. The van der Waals surface area contributed by atoms with Crippen molar-refractivity contribution in [2.24, 2.45) is 5.92 Å². The molecule has 5 nitrogen and oxygen atoms in total. The van der Waals surface area contributed by atoms with Gasteiger partial charge in [-0.3, -0.25) is 9.59 Å². The highest BCUT2D eigenvalue weighted by atomic mass is 16.5. The Morgan fingerprint density at radius 2 is 1.84 bits per heavy atom. The lowest BCUT2D eigenvalue weighted by Gasteiger charge is -2.13. The highest BCUT2D eigenvalue weighted by Gasteiger charge is 2.23. The Morgan fingerprint density at radius 1 is 1.06 bits per heavy atom. The number of unbranched alkanes of at least 4 members (excludes halogenated alkanes) is 3. The third kappa shape index (κ3) is 8.86. The number of rotatable bonds is 15. The molecule has 3 rings (SSSR count). The molecule has 1 amide bonds. The van der Waals surface area contributed by atoms with Gasteiger partial charge in [-0.1, -0.05) is 36.6 Å². The van der Waals surface area contributed by atoms with E-state index in [1.54, 1.807) is 0 Å². The smallest absolute Gasteiger partial charge is 0.220 e. The van der Waals surface area contributed by atoms with Crippen molar-refractivity contribution in [3.63, 3.8) is 0 Å². The second kappa shape index (κ2) is 12.7. The zero-order valence-corrected chi connectivity index (χ0v) is 18.6. The molecule has 1 atom stereocenters. The fraction of sp³-hybridized carbons (Fsp3) is 0.615. The number of benzene rings is 1. The molecule has 2 aliphatic carbocycles. The lowest BCUT2D eigenvalue weighted by molar-refractivity contribution is -0.121. The van der Waals surface area contributed by atoms with Crippen LogP contribution in [0.3, 0.4) is 0 Å². The second-order valence-electron chi connectivity index (χ2n) is 8.98. The van der Waals surface area contributed by atoms with Crippen LogP contribution in [0.15, 0.2) is 41.5 Å². The van der Waals surface area contributed by atoms with E-state index in [-0.39, 0.29) is 18.3 Å². The summed E-state index contributed by atoms with van der Waals surface area (Å²) in [4.78, 5) is 24.0. The molecule has 1 fully saturated rings. The average Bonchev–Trinajstić information content (AvgIpc) is 3.55. The third-order valence-corrected chi connectivity index (χ3v) is 6.25. The lowest BCUT2D eigenvalue weighted by Crippen LogP contribution is -2.25. The summed E-state index contributed by atoms with van der Waals surface area (Å²) in [5.41, 5.74) is 2.22. The van der Waals surface area contributed by atoms with E-state index in [0.29, 0.717) is 19.3 Å². The molecule has 1 saturated carbocycles. The number of ketones is 1. The molecule has 0 radical (unpaired) electrons. The number of Topliss-reactive ketones (excluding diaryl/α,β-unsaturated/α-hetero) is 1. The Morgan fingerprint density at radius 3 is 2.61 bits per heavy atom. The number of aliphatic hydroxyl groups is 1. The van der Waals surface area contributed by atoms with E-state index in [9.17, 15) is 14.7 Å². The van der Waals surface area contributed by atoms with E-state index in [1.165, 1.54) is 18.4 Å². The summed E-state index contributed by atoms with van der Waals surface area (Å²) in [6, 6.07) is 9.51. The summed E-state index contributed by atoms with van der Waals surface area (Å²) in [5.74, 6) is 1.95. The number of aliphatic hydroxyl groups excluding tert-OH is 1. The van der Waals surface area contributed by atoms with Gasteiger partial charge in [0.25, 0.3) is 0 Å². The molecule has 2 aliphatic rings. The van der Waals surface area contributed by atoms with Crippen LogP contribution in [0.2, 0.25) is 0 Å². The normalized spacial score (nSPS) is 17.1. The van der Waals surface area contributed by atoms with Gasteiger partial charge in [0.1, 0.15) is 12.4 Å². The van der Waals surface area contributed by atoms with Crippen LogP contribution in [0.5, 0.6) is 5.75 Å². The molecule has 170 valence electrons. The number of hydrogen-bond acceptors (Lipinski definition) is 4. The number of amides is 1. The molecule has 0 bridgehead atoms. The van der Waals surface area contributed by atoms with E-state index < -0.39 is 6.10 Å². The van der Waals surface area contributed by atoms with Crippen LogP contribution in [-0.2, 0) is 9.59 Å². The monoisotopic (exact) mass is 427 g/mol. The zero-order valence-electron chi connectivity index (χ0n) is 18.6. The van der Waals surface area contributed by atoms with Gasteiger partial charge >= 0.3 is 0 Å². The van der Waals surface area contributed by atoms with Gasteiger partial charge in [-0.05, 0) is 75.0 Å². The summed E-state index contributed by atoms with van der Waals surface area (Å²) in [6.07, 6.45) is 10.3. The van der Waals surface area contributed by atoms with Gasteiger partial charge in [0.05, 0.1) is 6.10 Å². The average molecular weight is 428 g/mol. The Hall–Kier alpha value is -2.14. The van der Waals surface area contributed by atoms with Gasteiger partial charge in [-0.25, -0.2) is 0 Å². The first kappa shape index (κ1) is 23.5. The largest absolute Gasteiger partial charge is 0.491 e. The van der Waals surface area contributed by atoms with Crippen LogP contribution >= 0.6 is 0 Å². The number of hydrogen-bond donors (Lipinski definition) is 2. The summed E-state index contributed by atoms with van der Waals surface area (Å²) in [6.45, 7) is 1.12. The van der Waals surface area contributed by atoms with Crippen LogP contribution in [0.1, 0.15) is 77.0 Å². The van der Waals surface area contributed by atoms with Crippen molar-refractivity contribution in [3.05, 3.63) is 41.5 Å². The van der Waals surface area contributed by atoms with Crippen molar-refractivity contribution in [2.45, 2.75) is 83.2 Å². The molecule has 0 unspecified atom stereocenters. The molecule has 1 aromatic rings. The third-order valence-electron chi connectivity index (χ3n) is 6.25. The Labute approximate surface area is 186 Å². The van der Waals surface area contributed by atoms with Gasteiger partial charge in [0.2, 0.25) is 5.91 Å². The minimum Gasteiger partial charge on any atom is -0.491 e. The van der Waals surface area contributed by atoms with E-state index in [4.69, 9.17) is 4.74 Å². The summed E-state index contributed by atoms with van der Waals surface area (Å²) in [7, 11) is 0. The second-order valence-corrected chi connectivity index (χ2v) is 8.98. The van der Waals surface area contributed by atoms with E-state index in [2.05, 4.69) is 5.32 Å². The van der Waals surface area contributed by atoms with Crippen molar-refractivity contribution < 1.29 is 19.4 Å². The molecule has 0 aliphatic heterocycles. The summed E-state index contributed by atoms with van der Waals surface area (Å²) < 4.78 is 5.62. The van der Waals surface area contributed by atoms with Gasteiger partial charge < -0.3 is 15.2 Å². The molecule has 5 heteroatoms. The molecule has 31 heavy (non-hydrogen) atoms. The van der Waals surface area contributed by atoms with Crippen LogP contribution in [-0.4, -0.2) is 36.1 Å². The van der Waals surface area contributed by atoms with E-state index >= 15 is 0 Å². The maximum Gasteiger partial charge on any atom is 0.220 e. The van der Waals surface area contributed by atoms with Crippen molar-refractivity contribution in [1.29, 1.82) is 0 Å². The van der Waals surface area contributed by atoms with Crippen molar-refractivity contribution in [2.75, 3.05) is 13.2 Å². The van der Waals surface area contributed by atoms with Gasteiger partial charge in [-0.2, -0.15) is 0 Å². The van der Waals surface area contributed by atoms with Gasteiger partial charge in [0, 0.05) is 19.4 Å². The first-order chi connectivity index (χ1) is 15.1. The SMILES string of the molecule is O=C(CCCCCCC1=C(CC[C@@H](O)COc2ccccc2)CCC1=O)NCC1CC1. The number of carbonyl (C=O) groups excluding carboxylic acids is 2. The maximum atomic E-state index is 12.3. The molecule has 0 saturated heterocycles. The van der Waals surface area contributed by atoms with Gasteiger partial charge in [0.15, 0.2) is 5.78 Å². The maximum absolute atomic E-state index is 12.3. The van der Waals surface area contributed by atoms with Crippen LogP contribution in [0, 0.1) is 5.92 Å². The van der Waals surface area contributed by atoms with Crippen molar-refractivity contribution in [1.82, 2.24) is 5.32 Å². The summed E-state index contributed by atoms with van der Waals surface area (Å²) in [5, 5.41) is 13.3. The first-order valence-electron chi connectivity index (χ1n) is 12.0. The summed E-state index contributed by atoms with van der Waals surface area (Å²) >= 11 is 0. The Kier molecular flexibility index (Phi) is 9.60. The molecule has 0 spiro atoms. The minimum absolute atomic E-state index is 0.178. The number of para-hydroxylation sites is 1. The molecule has 0 aromatic heterocycles. The van der Waals surface area contributed by atoms with Crippen LogP contribution in [0.4, 0.5) is 0 Å². The highest BCUT2D eigenvalue weighted by molar-refractivity contribution is 5.98. The van der Waals surface area contributed by atoms with Crippen molar-refractivity contribution >= 4 is 11.7 Å². The Balaban J connectivity index is 1.29. The number of ether oxygens (including phenoxy) is 1. The molecule has 2 N–H and O–H groups in total. The Bertz CT molecular complexity index is 739. The van der Waals surface area contributed by atoms with Crippen LogP contribution in [0.25, 0.3) is 0 Å². The highest BCUT2D eigenvalue weighted by Crippen LogP contribution is 2.31. The van der Waals surface area contributed by atoms with Gasteiger partial charge in [-0.15, -0.1) is 0 Å². The topological polar surface area (TPSA) is 75.6 Å². The van der Waals surface area contributed by atoms with E-state index in [0.717, 1.165) is 68.7 Å². The lowest BCUT2D eigenvalue weighted by atomic mass is 9.98.